The molecule has 3 aliphatic rings. The summed E-state index contributed by atoms with van der Waals surface area (Å²) in [6.45, 7) is 9.82. The van der Waals surface area contributed by atoms with Gasteiger partial charge in [-0.15, -0.1) is 0 Å². The minimum Gasteiger partial charge on any atom is -0.444 e. The van der Waals surface area contributed by atoms with Gasteiger partial charge in [0.05, 0.1) is 0 Å². The predicted molar refractivity (Wildman–Crippen MR) is 103 cm³/mol. The van der Waals surface area contributed by atoms with E-state index in [4.69, 9.17) is 4.74 Å². The molecule has 4 rings (SSSR count). The molecule has 3 atom stereocenters. The zero-order valence-corrected chi connectivity index (χ0v) is 16.4. The van der Waals surface area contributed by atoms with E-state index in [-0.39, 0.29) is 6.09 Å². The van der Waals surface area contributed by atoms with Crippen molar-refractivity contribution in [3.8, 4) is 0 Å². The Labute approximate surface area is 157 Å². The molecule has 0 unspecified atom stereocenters. The molecule has 26 heavy (non-hydrogen) atoms. The Morgan fingerprint density at radius 2 is 1.81 bits per heavy atom. The highest BCUT2D eigenvalue weighted by Gasteiger charge is 2.54. The van der Waals surface area contributed by atoms with Crippen molar-refractivity contribution < 1.29 is 9.53 Å². The average Bonchev–Trinajstić information content (AvgIpc) is 3.26. The number of fused-ring (bicyclic) bond motifs is 1. The quantitative estimate of drug-likeness (QED) is 0.815. The van der Waals surface area contributed by atoms with Gasteiger partial charge in [0.25, 0.3) is 0 Å². The number of carbonyl (C=O) groups is 1. The maximum atomic E-state index is 12.3. The maximum Gasteiger partial charge on any atom is 0.410 e. The van der Waals surface area contributed by atoms with Crippen LogP contribution in [0.1, 0.15) is 45.6 Å². The van der Waals surface area contributed by atoms with Gasteiger partial charge in [-0.3, -0.25) is 4.90 Å². The molecule has 1 aromatic rings. The van der Waals surface area contributed by atoms with Gasteiger partial charge in [0.1, 0.15) is 5.60 Å². The fraction of sp³-hybridized carbons (Fsp3) is 0.682. The predicted octanol–water partition coefficient (Wildman–Crippen LogP) is 4.15. The number of rotatable bonds is 3. The number of likely N-dealkylation sites (tertiary alicyclic amines) is 2. The molecule has 1 amide bonds. The molecule has 4 heteroatoms. The van der Waals surface area contributed by atoms with E-state index in [1.165, 1.54) is 18.5 Å². The Bertz CT molecular complexity index is 631. The van der Waals surface area contributed by atoms with Gasteiger partial charge in [-0.2, -0.15) is 0 Å². The summed E-state index contributed by atoms with van der Waals surface area (Å²) < 4.78 is 5.54. The highest BCUT2D eigenvalue weighted by Crippen LogP contribution is 2.53. The lowest BCUT2D eigenvalue weighted by molar-refractivity contribution is 0.0130. The standard InChI is InChI=1S/C22H32N2O2/c1-22(2,3)26-21(25)23-11-9-17(10-12-23)20-19-13-18(19)15-24(20)14-16-7-5-4-6-8-16/h4-8,17-20H,9-15H2,1-3H3/t18-,19-,20-/m0/s1. The van der Waals surface area contributed by atoms with Gasteiger partial charge >= 0.3 is 6.09 Å². The Morgan fingerprint density at radius 1 is 1.12 bits per heavy atom. The second-order valence-electron chi connectivity index (χ2n) is 9.37. The SMILES string of the molecule is CC(C)(C)OC(=O)N1CCC([C@H]2[C@H]3C[C@H]3CN2Cc2ccccc2)CC1. The third-order valence-corrected chi connectivity index (χ3v) is 6.21. The van der Waals surface area contributed by atoms with Crippen LogP contribution < -0.4 is 0 Å². The summed E-state index contributed by atoms with van der Waals surface area (Å²) in [5.74, 6) is 2.54. The smallest absolute Gasteiger partial charge is 0.410 e. The van der Waals surface area contributed by atoms with Gasteiger partial charge in [-0.05, 0) is 63.4 Å². The van der Waals surface area contributed by atoms with Crippen molar-refractivity contribution in [1.82, 2.24) is 9.80 Å². The molecule has 2 heterocycles. The highest BCUT2D eigenvalue weighted by molar-refractivity contribution is 5.68. The Hall–Kier alpha value is -1.55. The van der Waals surface area contributed by atoms with Crippen LogP contribution in [-0.4, -0.2) is 47.2 Å². The third-order valence-electron chi connectivity index (χ3n) is 6.21. The van der Waals surface area contributed by atoms with Crippen LogP contribution in [0.2, 0.25) is 0 Å². The maximum absolute atomic E-state index is 12.3. The highest BCUT2D eigenvalue weighted by atomic mass is 16.6. The van der Waals surface area contributed by atoms with Crippen molar-refractivity contribution in [2.45, 2.75) is 58.2 Å². The van der Waals surface area contributed by atoms with E-state index in [0.29, 0.717) is 6.04 Å². The minimum absolute atomic E-state index is 0.146. The first-order valence-corrected chi connectivity index (χ1v) is 10.2. The van der Waals surface area contributed by atoms with Crippen LogP contribution in [-0.2, 0) is 11.3 Å². The molecule has 1 saturated carbocycles. The van der Waals surface area contributed by atoms with E-state index in [1.54, 1.807) is 0 Å². The van der Waals surface area contributed by atoms with E-state index < -0.39 is 5.60 Å². The minimum atomic E-state index is -0.410. The van der Waals surface area contributed by atoms with Crippen LogP contribution in [0.25, 0.3) is 0 Å². The summed E-state index contributed by atoms with van der Waals surface area (Å²) in [6.07, 6.45) is 3.49. The summed E-state index contributed by atoms with van der Waals surface area (Å²) >= 11 is 0. The number of amides is 1. The lowest BCUT2D eigenvalue weighted by Crippen LogP contribution is -2.47. The number of piperidine rings is 2. The number of ether oxygens (including phenoxy) is 1. The molecule has 0 spiro atoms. The van der Waals surface area contributed by atoms with E-state index in [1.807, 2.05) is 25.7 Å². The molecule has 2 saturated heterocycles. The molecular weight excluding hydrogens is 324 g/mol. The number of hydrogen-bond acceptors (Lipinski definition) is 3. The van der Waals surface area contributed by atoms with Gasteiger partial charge in [0.15, 0.2) is 0 Å². The topological polar surface area (TPSA) is 32.8 Å². The molecule has 0 N–H and O–H groups in total. The number of carbonyl (C=O) groups excluding carboxylic acids is 1. The van der Waals surface area contributed by atoms with E-state index in [2.05, 4.69) is 35.2 Å². The van der Waals surface area contributed by atoms with Crippen LogP contribution in [0.5, 0.6) is 0 Å². The van der Waals surface area contributed by atoms with E-state index in [0.717, 1.165) is 50.2 Å². The van der Waals surface area contributed by atoms with Gasteiger partial charge in [-0.1, -0.05) is 30.3 Å². The van der Waals surface area contributed by atoms with Crippen molar-refractivity contribution in [3.05, 3.63) is 35.9 Å². The average molecular weight is 357 g/mol. The van der Waals surface area contributed by atoms with Crippen molar-refractivity contribution in [2.24, 2.45) is 17.8 Å². The first-order chi connectivity index (χ1) is 12.4. The van der Waals surface area contributed by atoms with Crippen molar-refractivity contribution in [2.75, 3.05) is 19.6 Å². The summed E-state index contributed by atoms with van der Waals surface area (Å²) in [6, 6.07) is 11.6. The molecule has 142 valence electrons. The van der Waals surface area contributed by atoms with Gasteiger partial charge in [0, 0.05) is 32.2 Å². The van der Waals surface area contributed by atoms with E-state index in [9.17, 15) is 4.79 Å². The van der Waals surface area contributed by atoms with Crippen LogP contribution >= 0.6 is 0 Å². The second kappa shape index (κ2) is 6.88. The molecule has 0 aromatic heterocycles. The second-order valence-corrected chi connectivity index (χ2v) is 9.37. The van der Waals surface area contributed by atoms with Crippen LogP contribution in [0.4, 0.5) is 4.79 Å². The number of hydrogen-bond donors (Lipinski definition) is 0. The molecule has 0 radical (unpaired) electrons. The monoisotopic (exact) mass is 356 g/mol. The van der Waals surface area contributed by atoms with Crippen LogP contribution in [0.3, 0.4) is 0 Å². The molecule has 0 bridgehead atoms. The summed E-state index contributed by atoms with van der Waals surface area (Å²) in [5, 5.41) is 0. The molecule has 3 fully saturated rings. The normalized spacial score (nSPS) is 29.5. The third kappa shape index (κ3) is 3.90. The van der Waals surface area contributed by atoms with Crippen LogP contribution in [0.15, 0.2) is 30.3 Å². The zero-order chi connectivity index (χ0) is 18.3. The van der Waals surface area contributed by atoms with Crippen molar-refractivity contribution >= 4 is 6.09 Å². The fourth-order valence-electron chi connectivity index (χ4n) is 4.98. The van der Waals surface area contributed by atoms with Gasteiger partial charge in [-0.25, -0.2) is 4.79 Å². The van der Waals surface area contributed by atoms with E-state index >= 15 is 0 Å². The Morgan fingerprint density at radius 3 is 2.46 bits per heavy atom. The molecule has 1 aliphatic carbocycles. The summed E-state index contributed by atoms with van der Waals surface area (Å²) in [7, 11) is 0. The molecule has 1 aromatic carbocycles. The van der Waals surface area contributed by atoms with Crippen molar-refractivity contribution in [3.63, 3.8) is 0 Å². The molecular formula is C22H32N2O2. The van der Waals surface area contributed by atoms with Crippen molar-refractivity contribution in [1.29, 1.82) is 0 Å². The van der Waals surface area contributed by atoms with Gasteiger partial charge in [0.2, 0.25) is 0 Å². The first kappa shape index (κ1) is 17.8. The zero-order valence-electron chi connectivity index (χ0n) is 16.4. The summed E-state index contributed by atoms with van der Waals surface area (Å²) in [4.78, 5) is 16.9. The van der Waals surface area contributed by atoms with Crippen LogP contribution in [0, 0.1) is 17.8 Å². The number of benzene rings is 1. The lowest BCUT2D eigenvalue weighted by Gasteiger charge is -2.39. The Kier molecular flexibility index (Phi) is 4.72. The first-order valence-electron chi connectivity index (χ1n) is 10.2. The number of nitrogens with zero attached hydrogens (tertiary/aromatic N) is 2. The fourth-order valence-corrected chi connectivity index (χ4v) is 4.98. The molecule has 4 nitrogen and oxygen atoms in total. The lowest BCUT2D eigenvalue weighted by atomic mass is 9.86. The summed E-state index contributed by atoms with van der Waals surface area (Å²) in [5.41, 5.74) is 1.01. The largest absolute Gasteiger partial charge is 0.444 e. The molecule has 2 aliphatic heterocycles. The van der Waals surface area contributed by atoms with Gasteiger partial charge < -0.3 is 9.64 Å². The Balaban J connectivity index is 1.35.